The summed E-state index contributed by atoms with van der Waals surface area (Å²) in [4.78, 5) is 14.2. The Kier molecular flexibility index (Phi) is 4.84. The zero-order valence-corrected chi connectivity index (χ0v) is 13.4. The van der Waals surface area contributed by atoms with Crippen LogP contribution in [0.15, 0.2) is 24.4 Å². The number of carbonyl (C=O) groups is 1. The van der Waals surface area contributed by atoms with Gasteiger partial charge in [-0.15, -0.1) is 5.10 Å². The molecule has 1 atom stereocenters. The second-order valence-corrected chi connectivity index (χ2v) is 5.92. The number of carbonyl (C=O) groups excluding carboxylic acids is 1. The predicted molar refractivity (Wildman–Crippen MR) is 82.6 cm³/mol. The van der Waals surface area contributed by atoms with Crippen molar-refractivity contribution < 1.29 is 13.6 Å². The van der Waals surface area contributed by atoms with E-state index in [1.807, 2.05) is 0 Å². The van der Waals surface area contributed by atoms with E-state index in [4.69, 9.17) is 0 Å². The maximum absolute atomic E-state index is 13.8. The maximum atomic E-state index is 13.8. The van der Waals surface area contributed by atoms with Gasteiger partial charge in [-0.1, -0.05) is 11.3 Å². The molecule has 3 rings (SSSR count). The van der Waals surface area contributed by atoms with Gasteiger partial charge in [0.15, 0.2) is 0 Å². The van der Waals surface area contributed by atoms with Gasteiger partial charge in [0.1, 0.15) is 11.6 Å². The number of aromatic nitrogens is 3. The van der Waals surface area contributed by atoms with Crippen molar-refractivity contribution in [3.63, 3.8) is 0 Å². The molecule has 128 valence electrons. The second-order valence-electron chi connectivity index (χ2n) is 5.92. The molecule has 1 amide bonds. The van der Waals surface area contributed by atoms with Crippen molar-refractivity contribution in [2.24, 2.45) is 7.05 Å². The highest BCUT2D eigenvalue weighted by Crippen LogP contribution is 2.18. The largest absolute Gasteiger partial charge is 0.337 e. The van der Waals surface area contributed by atoms with E-state index in [1.165, 1.54) is 12.1 Å². The number of hydrogen-bond acceptors (Lipinski definition) is 4. The lowest BCUT2D eigenvalue weighted by Crippen LogP contribution is -2.50. The third-order valence-electron chi connectivity index (χ3n) is 4.24. The Bertz CT molecular complexity index is 733. The average Bonchev–Trinajstić information content (AvgIpc) is 2.96. The molecule has 1 unspecified atom stereocenters. The number of aryl methyl sites for hydroxylation is 1. The summed E-state index contributed by atoms with van der Waals surface area (Å²) in [5.74, 6) is -1.32. The lowest BCUT2D eigenvalue weighted by Gasteiger charge is -2.33. The number of benzene rings is 1. The van der Waals surface area contributed by atoms with Crippen LogP contribution in [0.2, 0.25) is 0 Å². The fraction of sp³-hybridized carbons (Fsp3) is 0.438. The summed E-state index contributed by atoms with van der Waals surface area (Å²) in [5, 5.41) is 10.9. The Balaban J connectivity index is 1.63. The van der Waals surface area contributed by atoms with Crippen LogP contribution in [-0.2, 0) is 24.9 Å². The Labute approximate surface area is 138 Å². The van der Waals surface area contributed by atoms with E-state index >= 15 is 0 Å². The molecule has 1 aliphatic heterocycles. The third-order valence-corrected chi connectivity index (χ3v) is 4.24. The van der Waals surface area contributed by atoms with E-state index in [1.54, 1.807) is 22.8 Å². The van der Waals surface area contributed by atoms with Crippen molar-refractivity contribution in [2.45, 2.75) is 32.0 Å². The van der Waals surface area contributed by atoms with E-state index in [9.17, 15) is 13.6 Å². The van der Waals surface area contributed by atoms with E-state index in [0.29, 0.717) is 18.7 Å². The molecular formula is C16H19F2N5O. The van der Waals surface area contributed by atoms with Crippen LogP contribution >= 0.6 is 0 Å². The first kappa shape index (κ1) is 16.5. The summed E-state index contributed by atoms with van der Waals surface area (Å²) in [5.41, 5.74) is 1.20. The van der Waals surface area contributed by atoms with Crippen molar-refractivity contribution >= 4 is 5.91 Å². The van der Waals surface area contributed by atoms with Crippen LogP contribution in [-0.4, -0.2) is 38.4 Å². The van der Waals surface area contributed by atoms with Crippen LogP contribution in [0, 0.1) is 11.6 Å². The molecule has 1 saturated heterocycles. The summed E-state index contributed by atoms with van der Waals surface area (Å²) < 4.78 is 28.4. The number of halogens is 2. The maximum Gasteiger partial charge on any atom is 0.240 e. The zero-order valence-electron chi connectivity index (χ0n) is 13.4. The van der Waals surface area contributed by atoms with Gasteiger partial charge in [-0.2, -0.15) is 0 Å². The highest BCUT2D eigenvalue weighted by molar-refractivity contribution is 5.82. The van der Waals surface area contributed by atoms with Crippen molar-refractivity contribution in [1.29, 1.82) is 0 Å². The normalized spacial score (nSPS) is 18.2. The van der Waals surface area contributed by atoms with Gasteiger partial charge in [0.2, 0.25) is 5.91 Å². The van der Waals surface area contributed by atoms with Crippen LogP contribution in [0.4, 0.5) is 8.78 Å². The molecule has 1 aromatic heterocycles. The van der Waals surface area contributed by atoms with Crippen molar-refractivity contribution in [3.05, 3.63) is 47.3 Å². The van der Waals surface area contributed by atoms with Crippen LogP contribution in [0.25, 0.3) is 0 Å². The first-order valence-corrected chi connectivity index (χ1v) is 7.84. The minimum absolute atomic E-state index is 0.0693. The van der Waals surface area contributed by atoms with Gasteiger partial charge in [-0.25, -0.2) is 8.78 Å². The molecule has 0 saturated carbocycles. The third kappa shape index (κ3) is 3.59. The fourth-order valence-corrected chi connectivity index (χ4v) is 2.84. The number of rotatable bonds is 5. The Morgan fingerprint density at radius 2 is 2.21 bits per heavy atom. The number of nitrogens with one attached hydrogen (secondary N) is 1. The minimum atomic E-state index is -0.626. The molecule has 6 nitrogen and oxygen atoms in total. The van der Waals surface area contributed by atoms with Crippen molar-refractivity contribution in [1.82, 2.24) is 25.2 Å². The van der Waals surface area contributed by atoms with Gasteiger partial charge in [-0.3, -0.25) is 9.48 Å². The summed E-state index contributed by atoms with van der Waals surface area (Å²) in [6.45, 7) is 1.20. The summed E-state index contributed by atoms with van der Waals surface area (Å²) in [7, 11) is 1.79. The molecule has 0 aliphatic carbocycles. The SMILES string of the molecule is Cn1nncc1CNC1CCCN(Cc2ccc(F)cc2F)C1=O. The van der Waals surface area contributed by atoms with Crippen molar-refractivity contribution in [2.75, 3.05) is 6.54 Å². The molecule has 0 bridgehead atoms. The van der Waals surface area contributed by atoms with Crippen LogP contribution < -0.4 is 5.32 Å². The van der Waals surface area contributed by atoms with Gasteiger partial charge in [0.05, 0.1) is 17.9 Å². The lowest BCUT2D eigenvalue weighted by molar-refractivity contribution is -0.136. The van der Waals surface area contributed by atoms with Crippen LogP contribution in [0.5, 0.6) is 0 Å². The lowest BCUT2D eigenvalue weighted by atomic mass is 10.0. The molecular weight excluding hydrogens is 316 g/mol. The summed E-state index contributed by atoms with van der Waals surface area (Å²) in [6.07, 6.45) is 3.20. The zero-order chi connectivity index (χ0) is 17.1. The Hall–Kier alpha value is -2.35. The highest BCUT2D eigenvalue weighted by Gasteiger charge is 2.29. The van der Waals surface area contributed by atoms with Gasteiger partial charge < -0.3 is 10.2 Å². The minimum Gasteiger partial charge on any atom is -0.337 e. The molecule has 1 aliphatic rings. The summed E-state index contributed by atoms with van der Waals surface area (Å²) in [6, 6.07) is 3.11. The highest BCUT2D eigenvalue weighted by atomic mass is 19.1. The Morgan fingerprint density at radius 1 is 1.38 bits per heavy atom. The topological polar surface area (TPSA) is 63.1 Å². The molecule has 24 heavy (non-hydrogen) atoms. The van der Waals surface area contributed by atoms with Gasteiger partial charge in [0.25, 0.3) is 0 Å². The second kappa shape index (κ2) is 7.04. The molecule has 1 N–H and O–H groups in total. The monoisotopic (exact) mass is 335 g/mol. The first-order chi connectivity index (χ1) is 11.5. The molecule has 1 aromatic carbocycles. The molecule has 2 aromatic rings. The van der Waals surface area contributed by atoms with Gasteiger partial charge >= 0.3 is 0 Å². The number of nitrogens with zero attached hydrogens (tertiary/aromatic N) is 4. The fourth-order valence-electron chi connectivity index (χ4n) is 2.84. The summed E-state index contributed by atoms with van der Waals surface area (Å²) >= 11 is 0. The van der Waals surface area contributed by atoms with E-state index in [-0.39, 0.29) is 18.5 Å². The average molecular weight is 335 g/mol. The van der Waals surface area contributed by atoms with Gasteiger partial charge in [-0.05, 0) is 18.9 Å². The number of likely N-dealkylation sites (tertiary alicyclic amines) is 1. The number of amides is 1. The van der Waals surface area contributed by atoms with E-state index in [0.717, 1.165) is 24.6 Å². The number of piperidine rings is 1. The number of hydrogen-bond donors (Lipinski definition) is 1. The van der Waals surface area contributed by atoms with Crippen molar-refractivity contribution in [3.8, 4) is 0 Å². The quantitative estimate of drug-likeness (QED) is 0.897. The van der Waals surface area contributed by atoms with Crippen LogP contribution in [0.1, 0.15) is 24.1 Å². The predicted octanol–water partition coefficient (Wildman–Crippen LogP) is 1.37. The molecule has 8 heteroatoms. The van der Waals surface area contributed by atoms with E-state index < -0.39 is 11.6 Å². The van der Waals surface area contributed by atoms with Crippen LogP contribution in [0.3, 0.4) is 0 Å². The molecule has 0 radical (unpaired) electrons. The molecule has 0 spiro atoms. The first-order valence-electron chi connectivity index (χ1n) is 7.84. The molecule has 1 fully saturated rings. The Morgan fingerprint density at radius 3 is 2.92 bits per heavy atom. The molecule has 2 heterocycles. The standard InChI is InChI=1S/C16H19F2N5O/c1-22-13(9-20-21-22)8-19-15-3-2-6-23(16(15)24)10-11-4-5-12(17)7-14(11)18/h4-5,7,9,15,19H,2-3,6,8,10H2,1H3. The van der Waals surface area contributed by atoms with E-state index in [2.05, 4.69) is 15.6 Å². The smallest absolute Gasteiger partial charge is 0.240 e. The van der Waals surface area contributed by atoms with Gasteiger partial charge in [0, 0.05) is 38.3 Å².